The Morgan fingerprint density at radius 2 is 1.94 bits per heavy atom. The third kappa shape index (κ3) is 4.41. The third-order valence-corrected chi connectivity index (χ3v) is 1.87. The molecule has 0 amide bonds. The van der Waals surface area contributed by atoms with Crippen LogP contribution in [0.1, 0.15) is 0 Å². The predicted octanol–water partition coefficient (Wildman–Crippen LogP) is -2.39. The molecule has 82 valence electrons. The molecule has 16 heavy (non-hydrogen) atoms. The van der Waals surface area contributed by atoms with Crippen molar-refractivity contribution in [2.24, 2.45) is 0 Å². The van der Waals surface area contributed by atoms with Gasteiger partial charge in [0.1, 0.15) is 0 Å². The Morgan fingerprint density at radius 3 is 2.38 bits per heavy atom. The topological polar surface area (TPSA) is 112 Å². The quantitative estimate of drug-likeness (QED) is 0.281. The van der Waals surface area contributed by atoms with Gasteiger partial charge in [-0.25, -0.2) is 8.42 Å². The summed E-state index contributed by atoms with van der Waals surface area (Å²) in [7, 11) is -4.78. The van der Waals surface area contributed by atoms with Crippen molar-refractivity contribution in [1.82, 2.24) is 0 Å². The summed E-state index contributed by atoms with van der Waals surface area (Å²) < 4.78 is 44.9. The van der Waals surface area contributed by atoms with E-state index < -0.39 is 26.7 Å². The smallest absolute Gasteiger partial charge is 0.731 e. The summed E-state index contributed by atoms with van der Waals surface area (Å²) in [5.41, 5.74) is -1.28. The second-order valence-electron chi connectivity index (χ2n) is 2.48. The van der Waals surface area contributed by atoms with Crippen molar-refractivity contribution >= 4 is 21.7 Å². The van der Waals surface area contributed by atoms with Crippen LogP contribution in [0.25, 0.3) is 0 Å². The van der Waals surface area contributed by atoms with Gasteiger partial charge in [0.25, 0.3) is 0 Å². The number of nitrogens with zero attached hydrogens (tertiary/aromatic N) is 1. The van der Waals surface area contributed by atoms with Gasteiger partial charge in [0, 0.05) is 6.07 Å². The summed E-state index contributed by atoms with van der Waals surface area (Å²) in [6.07, 6.45) is 0. The fourth-order valence-corrected chi connectivity index (χ4v) is 1.28. The van der Waals surface area contributed by atoms with Gasteiger partial charge in [-0.3, -0.25) is 14.8 Å². The van der Waals surface area contributed by atoms with Gasteiger partial charge in [0.15, 0.2) is 10.3 Å². The van der Waals surface area contributed by atoms with Crippen LogP contribution < -0.4 is 34.3 Å². The monoisotopic (exact) mass is 258 g/mol. The van der Waals surface area contributed by atoms with Crippen molar-refractivity contribution in [2.45, 2.75) is 0 Å². The first-order valence-electron chi connectivity index (χ1n) is 3.47. The number of hydrogen-bond acceptors (Lipinski definition) is 5. The van der Waals surface area contributed by atoms with Crippen LogP contribution in [0.2, 0.25) is 0 Å². The van der Waals surface area contributed by atoms with Gasteiger partial charge in [0.2, 0.25) is 5.82 Å². The molecule has 0 aliphatic heterocycles. The number of nitrogens with one attached hydrogen (secondary N) is 1. The van der Waals surface area contributed by atoms with Crippen LogP contribution in [0.4, 0.5) is 15.8 Å². The van der Waals surface area contributed by atoms with Crippen LogP contribution in [0, 0.1) is 15.9 Å². The molecular formula is C6H4FN2NaO5S. The van der Waals surface area contributed by atoms with E-state index in [9.17, 15) is 27.5 Å². The molecule has 0 aliphatic carbocycles. The van der Waals surface area contributed by atoms with Crippen LogP contribution in [-0.2, 0) is 10.3 Å². The largest absolute Gasteiger partial charge is 1.00 e. The molecule has 1 N–H and O–H groups in total. The average Bonchev–Trinajstić information content (AvgIpc) is 2.05. The van der Waals surface area contributed by atoms with E-state index in [1.54, 1.807) is 0 Å². The van der Waals surface area contributed by atoms with Crippen LogP contribution in [0.5, 0.6) is 0 Å². The zero-order chi connectivity index (χ0) is 11.6. The van der Waals surface area contributed by atoms with E-state index >= 15 is 0 Å². The summed E-state index contributed by atoms with van der Waals surface area (Å²) in [4.78, 5) is 9.22. The van der Waals surface area contributed by atoms with Gasteiger partial charge in [-0.05, 0) is 12.1 Å². The average molecular weight is 258 g/mol. The molecule has 0 saturated heterocycles. The molecule has 1 aromatic carbocycles. The summed E-state index contributed by atoms with van der Waals surface area (Å²) in [5.74, 6) is -1.12. The second-order valence-corrected chi connectivity index (χ2v) is 3.59. The van der Waals surface area contributed by atoms with Gasteiger partial charge < -0.3 is 4.55 Å². The Labute approximate surface area is 112 Å². The first-order valence-corrected chi connectivity index (χ1v) is 4.88. The zero-order valence-corrected chi connectivity index (χ0v) is 10.8. The van der Waals surface area contributed by atoms with E-state index in [2.05, 4.69) is 0 Å². The van der Waals surface area contributed by atoms with Crippen molar-refractivity contribution in [3.05, 3.63) is 34.1 Å². The first kappa shape index (κ1) is 15.3. The summed E-state index contributed by atoms with van der Waals surface area (Å²) in [6.45, 7) is 0. The minimum Gasteiger partial charge on any atom is -0.731 e. The van der Waals surface area contributed by atoms with Crippen molar-refractivity contribution in [3.63, 3.8) is 0 Å². The molecule has 0 fully saturated rings. The Balaban J connectivity index is 0.00000225. The second kappa shape index (κ2) is 5.55. The molecule has 1 aromatic rings. The van der Waals surface area contributed by atoms with Gasteiger partial charge in [0.05, 0.1) is 10.6 Å². The standard InChI is InChI=1S/C6H5FN2O5S.Na/c7-5-2-1-4(8-15(12,13)14)3-6(5)9(10)11;/h1-3,8H,(H,12,13,14);/q;+1/p-1. The number of halogens is 1. The molecule has 1 rings (SSSR count). The molecule has 0 unspecified atom stereocenters. The van der Waals surface area contributed by atoms with E-state index in [1.165, 1.54) is 4.72 Å². The summed E-state index contributed by atoms with van der Waals surface area (Å²) >= 11 is 0. The Kier molecular flexibility index (Phi) is 5.29. The molecule has 7 nitrogen and oxygen atoms in total. The van der Waals surface area contributed by atoms with Gasteiger partial charge in [-0.2, -0.15) is 4.39 Å². The zero-order valence-electron chi connectivity index (χ0n) is 8.01. The number of nitro groups is 1. The molecule has 0 aromatic heterocycles. The number of benzene rings is 1. The normalized spacial score (nSPS) is 10.4. The molecule has 0 bridgehead atoms. The van der Waals surface area contributed by atoms with E-state index in [1.807, 2.05) is 0 Å². The fraction of sp³-hybridized carbons (Fsp3) is 0. The maximum Gasteiger partial charge on any atom is 1.00 e. The maximum atomic E-state index is 12.8. The summed E-state index contributed by atoms with van der Waals surface area (Å²) in [6, 6.07) is 2.20. The molecule has 0 spiro atoms. The number of nitro benzene ring substituents is 1. The molecule has 0 atom stereocenters. The maximum absolute atomic E-state index is 12.8. The predicted molar refractivity (Wildman–Crippen MR) is 46.4 cm³/mol. The van der Waals surface area contributed by atoms with Crippen molar-refractivity contribution < 1.29 is 51.8 Å². The van der Waals surface area contributed by atoms with Gasteiger partial charge in [-0.15, -0.1) is 0 Å². The number of rotatable bonds is 3. The summed E-state index contributed by atoms with van der Waals surface area (Å²) in [5, 5.41) is 10.2. The van der Waals surface area contributed by atoms with Crippen LogP contribution in [-0.4, -0.2) is 17.9 Å². The van der Waals surface area contributed by atoms with E-state index in [4.69, 9.17) is 0 Å². The molecule has 0 heterocycles. The Hall–Kier alpha value is -0.740. The van der Waals surface area contributed by atoms with E-state index in [0.29, 0.717) is 12.1 Å². The molecule has 0 aliphatic rings. The van der Waals surface area contributed by atoms with E-state index in [0.717, 1.165) is 6.07 Å². The van der Waals surface area contributed by atoms with Crippen LogP contribution in [0.15, 0.2) is 18.2 Å². The van der Waals surface area contributed by atoms with Gasteiger partial charge in [-0.1, -0.05) is 0 Å². The van der Waals surface area contributed by atoms with Crippen molar-refractivity contribution in [1.29, 1.82) is 0 Å². The molecule has 0 saturated carbocycles. The first-order chi connectivity index (χ1) is 6.79. The Bertz CT molecular complexity index is 506. The van der Waals surface area contributed by atoms with Gasteiger partial charge >= 0.3 is 35.2 Å². The Morgan fingerprint density at radius 1 is 1.38 bits per heavy atom. The minimum absolute atomic E-state index is 0. The van der Waals surface area contributed by atoms with E-state index in [-0.39, 0.29) is 35.2 Å². The number of anilines is 1. The SMILES string of the molecule is O=[N+]([O-])c1cc(NS(=O)(=O)[O-])ccc1F.[Na+]. The van der Waals surface area contributed by atoms with Crippen LogP contribution in [0.3, 0.4) is 0 Å². The fourth-order valence-electron chi connectivity index (χ4n) is 0.860. The minimum atomic E-state index is -4.78. The molecule has 0 radical (unpaired) electrons. The number of hydrogen-bond donors (Lipinski definition) is 1. The molecular weight excluding hydrogens is 254 g/mol. The van der Waals surface area contributed by atoms with Crippen molar-refractivity contribution in [3.8, 4) is 0 Å². The van der Waals surface area contributed by atoms with Crippen LogP contribution >= 0.6 is 0 Å². The molecule has 10 heteroatoms. The third-order valence-electron chi connectivity index (χ3n) is 1.39. The van der Waals surface area contributed by atoms with Crippen molar-refractivity contribution in [2.75, 3.05) is 4.72 Å².